The van der Waals surface area contributed by atoms with E-state index in [0.717, 1.165) is 33.4 Å². The molecule has 0 heterocycles. The molecule has 0 saturated heterocycles. The van der Waals surface area contributed by atoms with Gasteiger partial charge < -0.3 is 22.9 Å². The lowest BCUT2D eigenvalue weighted by Crippen LogP contribution is -2.50. The summed E-state index contributed by atoms with van der Waals surface area (Å²) >= 11 is 0. The van der Waals surface area contributed by atoms with Gasteiger partial charge in [-0.3, -0.25) is 0 Å². The summed E-state index contributed by atoms with van der Waals surface area (Å²) in [5, 5.41) is 0. The molecule has 0 bridgehead atoms. The second kappa shape index (κ2) is 6.86. The van der Waals surface area contributed by atoms with Crippen LogP contribution in [0.1, 0.15) is 11.1 Å². The lowest BCUT2D eigenvalue weighted by Gasteiger charge is -2.33. The van der Waals surface area contributed by atoms with Crippen molar-refractivity contribution in [1.29, 1.82) is 0 Å². The third kappa shape index (κ3) is 3.42. The summed E-state index contributed by atoms with van der Waals surface area (Å²) < 4.78 is 0. The fraction of sp³-hybridized carbons (Fsp3) is 0.0833. The average Bonchev–Trinajstić information content (AvgIpc) is 2.69. The molecule has 140 valence electrons. The van der Waals surface area contributed by atoms with Gasteiger partial charge in [-0.2, -0.15) is 0 Å². The van der Waals surface area contributed by atoms with Crippen molar-refractivity contribution < 1.29 is 0 Å². The molecular formula is C24H24N4. The van der Waals surface area contributed by atoms with Crippen LogP contribution >= 0.6 is 0 Å². The number of rotatable bonds is 2. The maximum atomic E-state index is 6.55. The Bertz CT molecular complexity index is 1020. The molecule has 4 heteroatoms. The van der Waals surface area contributed by atoms with E-state index in [9.17, 15) is 0 Å². The first-order valence-electron chi connectivity index (χ1n) is 9.21. The van der Waals surface area contributed by atoms with Crippen LogP contribution in [0.4, 0.5) is 0 Å². The minimum Gasteiger partial charge on any atom is -0.307 e. The molecule has 2 aliphatic carbocycles. The van der Waals surface area contributed by atoms with E-state index in [4.69, 9.17) is 22.9 Å². The van der Waals surface area contributed by atoms with Crippen LogP contribution in [0, 0.1) is 0 Å². The summed E-state index contributed by atoms with van der Waals surface area (Å²) in [6.45, 7) is 0. The van der Waals surface area contributed by atoms with E-state index in [1.165, 1.54) is 0 Å². The Morgan fingerprint density at radius 1 is 0.571 bits per heavy atom. The standard InChI is InChI=1S/C24H24N4/c25-23(26)14-11-17(12-15-23)20-13-16-24(27,28)22(19-9-5-2-6-10-19)21(20)18-7-3-1-4-8-18/h1-16H,25-28H2. The van der Waals surface area contributed by atoms with E-state index in [1.54, 1.807) is 12.2 Å². The van der Waals surface area contributed by atoms with E-state index >= 15 is 0 Å². The lowest BCUT2D eigenvalue weighted by atomic mass is 9.77. The molecule has 0 atom stereocenters. The van der Waals surface area contributed by atoms with E-state index < -0.39 is 11.3 Å². The first-order chi connectivity index (χ1) is 13.4. The summed E-state index contributed by atoms with van der Waals surface area (Å²) in [4.78, 5) is 0. The smallest absolute Gasteiger partial charge is 0.111 e. The average molecular weight is 368 g/mol. The monoisotopic (exact) mass is 368 g/mol. The molecule has 0 spiro atoms. The van der Waals surface area contributed by atoms with Crippen LogP contribution in [0.5, 0.6) is 0 Å². The third-order valence-electron chi connectivity index (χ3n) is 5.02. The molecule has 0 saturated carbocycles. The van der Waals surface area contributed by atoms with Crippen LogP contribution in [0.15, 0.2) is 108 Å². The Balaban J connectivity index is 2.03. The molecule has 0 amide bonds. The highest BCUT2D eigenvalue weighted by Crippen LogP contribution is 2.42. The summed E-state index contributed by atoms with van der Waals surface area (Å²) in [6, 6.07) is 20.2. The molecule has 8 N–H and O–H groups in total. The van der Waals surface area contributed by atoms with Crippen molar-refractivity contribution in [3.63, 3.8) is 0 Å². The quantitative estimate of drug-likeness (QED) is 0.612. The Hall–Kier alpha value is -3.02. The molecule has 0 aromatic heterocycles. The second-order valence-corrected chi connectivity index (χ2v) is 7.28. The zero-order valence-electron chi connectivity index (χ0n) is 15.5. The second-order valence-electron chi connectivity index (χ2n) is 7.28. The molecule has 28 heavy (non-hydrogen) atoms. The molecule has 2 aliphatic rings. The van der Waals surface area contributed by atoms with Crippen LogP contribution < -0.4 is 22.9 Å². The number of benzene rings is 2. The minimum atomic E-state index is -1.09. The summed E-state index contributed by atoms with van der Waals surface area (Å²) in [6.07, 6.45) is 11.3. The summed E-state index contributed by atoms with van der Waals surface area (Å²) in [5.41, 5.74) is 29.0. The Morgan fingerprint density at radius 2 is 1.11 bits per heavy atom. The third-order valence-corrected chi connectivity index (χ3v) is 5.02. The predicted molar refractivity (Wildman–Crippen MR) is 116 cm³/mol. The summed E-state index contributed by atoms with van der Waals surface area (Å²) in [5.74, 6) is 0. The van der Waals surface area contributed by atoms with Gasteiger partial charge >= 0.3 is 0 Å². The van der Waals surface area contributed by atoms with Gasteiger partial charge in [0, 0.05) is 5.57 Å². The van der Waals surface area contributed by atoms with E-state index in [-0.39, 0.29) is 0 Å². The van der Waals surface area contributed by atoms with Gasteiger partial charge in [-0.15, -0.1) is 0 Å². The number of allylic oxidation sites excluding steroid dienone is 6. The Labute approximate surface area is 165 Å². The highest BCUT2D eigenvalue weighted by atomic mass is 15.0. The molecule has 0 aliphatic heterocycles. The van der Waals surface area contributed by atoms with Crippen molar-refractivity contribution in [2.45, 2.75) is 11.3 Å². The van der Waals surface area contributed by atoms with Gasteiger partial charge in [-0.1, -0.05) is 78.9 Å². The number of nitrogens with two attached hydrogens (primary N) is 4. The lowest BCUT2D eigenvalue weighted by molar-refractivity contribution is 0.688. The number of hydrogen-bond donors (Lipinski definition) is 4. The Morgan fingerprint density at radius 3 is 1.68 bits per heavy atom. The fourth-order valence-corrected chi connectivity index (χ4v) is 3.64. The van der Waals surface area contributed by atoms with Gasteiger partial charge in [0.1, 0.15) is 11.3 Å². The van der Waals surface area contributed by atoms with Crippen molar-refractivity contribution in [3.05, 3.63) is 119 Å². The molecule has 2 aromatic carbocycles. The first kappa shape index (κ1) is 18.3. The van der Waals surface area contributed by atoms with Gasteiger partial charge in [0.25, 0.3) is 0 Å². The van der Waals surface area contributed by atoms with Crippen molar-refractivity contribution in [2.75, 3.05) is 0 Å². The zero-order chi connectivity index (χ0) is 19.8. The van der Waals surface area contributed by atoms with Crippen molar-refractivity contribution in [2.24, 2.45) is 22.9 Å². The Kier molecular flexibility index (Phi) is 4.49. The zero-order valence-corrected chi connectivity index (χ0v) is 15.5. The van der Waals surface area contributed by atoms with Crippen molar-refractivity contribution in [3.8, 4) is 0 Å². The SMILES string of the molecule is NC1(N)C=CC(=C2C=CC(N)(N)C(c3ccccc3)=C2c2ccccc2)C=C1. The van der Waals surface area contributed by atoms with Crippen molar-refractivity contribution in [1.82, 2.24) is 0 Å². The van der Waals surface area contributed by atoms with Crippen LogP contribution in [-0.4, -0.2) is 11.3 Å². The molecule has 4 rings (SSSR count). The normalized spacial score (nSPS) is 20.0. The van der Waals surface area contributed by atoms with Crippen molar-refractivity contribution >= 4 is 11.1 Å². The molecule has 2 aromatic rings. The molecule has 0 unspecified atom stereocenters. The molecular weight excluding hydrogens is 344 g/mol. The summed E-state index contributed by atoms with van der Waals surface area (Å²) in [7, 11) is 0. The van der Waals surface area contributed by atoms with Gasteiger partial charge in [-0.05, 0) is 46.1 Å². The fourth-order valence-electron chi connectivity index (χ4n) is 3.64. The predicted octanol–water partition coefficient (Wildman–Crippen LogP) is 2.82. The van der Waals surface area contributed by atoms with Gasteiger partial charge in [0.15, 0.2) is 0 Å². The van der Waals surface area contributed by atoms with E-state index in [2.05, 4.69) is 12.1 Å². The van der Waals surface area contributed by atoms with Crippen LogP contribution in [0.25, 0.3) is 11.1 Å². The highest BCUT2D eigenvalue weighted by molar-refractivity contribution is 6.05. The minimum absolute atomic E-state index is 0.878. The molecule has 0 radical (unpaired) electrons. The highest BCUT2D eigenvalue weighted by Gasteiger charge is 2.32. The van der Waals surface area contributed by atoms with Gasteiger partial charge in [0.05, 0.1) is 0 Å². The molecule has 4 nitrogen and oxygen atoms in total. The van der Waals surface area contributed by atoms with E-state index in [0.29, 0.717) is 0 Å². The largest absolute Gasteiger partial charge is 0.307 e. The van der Waals surface area contributed by atoms with Crippen LogP contribution in [0.2, 0.25) is 0 Å². The van der Waals surface area contributed by atoms with Crippen LogP contribution in [-0.2, 0) is 0 Å². The van der Waals surface area contributed by atoms with Gasteiger partial charge in [-0.25, -0.2) is 0 Å². The number of hydrogen-bond acceptors (Lipinski definition) is 4. The van der Waals surface area contributed by atoms with Crippen LogP contribution in [0.3, 0.4) is 0 Å². The maximum absolute atomic E-state index is 6.55. The molecule has 0 fully saturated rings. The maximum Gasteiger partial charge on any atom is 0.111 e. The van der Waals surface area contributed by atoms with E-state index in [1.807, 2.05) is 72.8 Å². The van der Waals surface area contributed by atoms with Gasteiger partial charge in [0.2, 0.25) is 0 Å². The topological polar surface area (TPSA) is 104 Å². The first-order valence-corrected chi connectivity index (χ1v) is 9.21.